The zero-order chi connectivity index (χ0) is 30.3. The molecule has 9 nitrogen and oxygen atoms in total. The maximum Gasteiger partial charge on any atom is 0.312 e. The van der Waals surface area contributed by atoms with Gasteiger partial charge in [-0.2, -0.15) is 0 Å². The summed E-state index contributed by atoms with van der Waals surface area (Å²) in [5, 5.41) is 9.18. The number of hydrogen-bond acceptors (Lipinski definition) is 7. The molecule has 0 aliphatic carbocycles. The van der Waals surface area contributed by atoms with Crippen LogP contribution in [0.1, 0.15) is 51.4 Å². The second kappa shape index (κ2) is 14.7. The standard InChI is InChI=1S/C32H43BrN2O7/c1-4-6-7-12-20-41-31(39)25-26-29(37)35(18-10-8-9-11-19-36)28(32(26)21-24(33)27(25)42-32)30(38)34(17-5-2)22-13-15-23(40-3)16-14-22/h4-5,13-16,24-28,36H,1-2,6-12,17-21H2,3H3/t24?,25-,26-,27-,28?,32?/m0/s1. The van der Waals surface area contributed by atoms with Gasteiger partial charge in [0.25, 0.3) is 5.91 Å². The average molecular weight is 648 g/mol. The minimum atomic E-state index is -1.16. The lowest BCUT2D eigenvalue weighted by atomic mass is 9.70. The molecule has 3 saturated heterocycles. The number of aliphatic hydroxyl groups is 1. The number of anilines is 1. The molecule has 3 heterocycles. The van der Waals surface area contributed by atoms with Crippen LogP contribution in [-0.2, 0) is 23.9 Å². The monoisotopic (exact) mass is 646 g/mol. The Morgan fingerprint density at radius 2 is 1.88 bits per heavy atom. The predicted molar refractivity (Wildman–Crippen MR) is 164 cm³/mol. The molecule has 1 aromatic rings. The van der Waals surface area contributed by atoms with Crippen molar-refractivity contribution in [3.63, 3.8) is 0 Å². The third-order valence-corrected chi connectivity index (χ3v) is 9.46. The number of esters is 1. The first-order chi connectivity index (χ1) is 20.3. The topological polar surface area (TPSA) is 106 Å². The summed E-state index contributed by atoms with van der Waals surface area (Å²) >= 11 is 3.71. The van der Waals surface area contributed by atoms with Gasteiger partial charge in [0.2, 0.25) is 5.91 Å². The van der Waals surface area contributed by atoms with Crippen LogP contribution in [0.4, 0.5) is 5.69 Å². The Hall–Kier alpha value is -2.69. The van der Waals surface area contributed by atoms with E-state index in [1.807, 2.05) is 6.08 Å². The Bertz CT molecular complexity index is 1130. The fourth-order valence-corrected chi connectivity index (χ4v) is 7.63. The SMILES string of the molecule is C=CCCCCOC(=O)[C@H]1[C@H]2C(=O)N(CCCCCCO)C(C(=O)N(CC=C)c3ccc(OC)cc3)C23CC(Br)[C@@H]1O3. The molecule has 0 radical (unpaired) electrons. The third-order valence-electron chi connectivity index (χ3n) is 8.61. The number of amides is 2. The summed E-state index contributed by atoms with van der Waals surface area (Å²) in [4.78, 5) is 45.3. The summed E-state index contributed by atoms with van der Waals surface area (Å²) in [5.74, 6) is -1.89. The van der Waals surface area contributed by atoms with Gasteiger partial charge in [0.1, 0.15) is 17.4 Å². The smallest absolute Gasteiger partial charge is 0.312 e. The number of carbonyl (C=O) groups is 3. The number of unbranched alkanes of at least 4 members (excludes halogenated alkanes) is 5. The van der Waals surface area contributed by atoms with E-state index in [4.69, 9.17) is 14.2 Å². The van der Waals surface area contributed by atoms with Crippen LogP contribution in [0.25, 0.3) is 0 Å². The van der Waals surface area contributed by atoms with Crippen LogP contribution in [0, 0.1) is 11.8 Å². The number of aliphatic hydroxyl groups excluding tert-OH is 1. The van der Waals surface area contributed by atoms with Gasteiger partial charge in [-0.3, -0.25) is 14.4 Å². The van der Waals surface area contributed by atoms with Gasteiger partial charge in [-0.25, -0.2) is 0 Å². The van der Waals surface area contributed by atoms with Gasteiger partial charge in [0, 0.05) is 30.2 Å². The summed E-state index contributed by atoms with van der Waals surface area (Å²) in [5.41, 5.74) is -0.509. The van der Waals surface area contributed by atoms with Crippen molar-refractivity contribution in [2.45, 2.75) is 73.9 Å². The number of benzene rings is 1. The number of rotatable bonds is 17. The maximum atomic E-state index is 14.6. The number of nitrogens with zero attached hydrogens (tertiary/aromatic N) is 2. The highest BCUT2D eigenvalue weighted by Crippen LogP contribution is 2.60. The van der Waals surface area contributed by atoms with Crippen molar-refractivity contribution in [3.8, 4) is 5.75 Å². The van der Waals surface area contributed by atoms with Crippen LogP contribution >= 0.6 is 15.9 Å². The van der Waals surface area contributed by atoms with Gasteiger partial charge >= 0.3 is 5.97 Å². The lowest BCUT2D eigenvalue weighted by Gasteiger charge is -2.37. The van der Waals surface area contributed by atoms with E-state index < -0.39 is 35.6 Å². The highest BCUT2D eigenvalue weighted by Gasteiger charge is 2.77. The zero-order valence-electron chi connectivity index (χ0n) is 24.4. The molecule has 42 heavy (non-hydrogen) atoms. The number of ether oxygens (including phenoxy) is 3. The van der Waals surface area contributed by atoms with Crippen molar-refractivity contribution in [3.05, 3.63) is 49.6 Å². The molecule has 3 aliphatic rings. The van der Waals surface area contributed by atoms with Crippen LogP contribution in [-0.4, -0.2) is 83.8 Å². The zero-order valence-corrected chi connectivity index (χ0v) is 26.0. The number of allylic oxidation sites excluding steroid dienone is 1. The lowest BCUT2D eigenvalue weighted by molar-refractivity contribution is -0.155. The molecule has 2 amide bonds. The normalized spacial score (nSPS) is 27.5. The van der Waals surface area contributed by atoms with Gasteiger partial charge in [0.15, 0.2) is 0 Å². The third kappa shape index (κ3) is 6.31. The van der Waals surface area contributed by atoms with Crippen molar-refractivity contribution in [2.24, 2.45) is 11.8 Å². The minimum Gasteiger partial charge on any atom is -0.497 e. The number of alkyl halides is 1. The van der Waals surface area contributed by atoms with Gasteiger partial charge in [-0.1, -0.05) is 40.9 Å². The molecule has 10 heteroatoms. The fraction of sp³-hybridized carbons (Fsp3) is 0.594. The summed E-state index contributed by atoms with van der Waals surface area (Å²) in [7, 11) is 1.58. The van der Waals surface area contributed by atoms with E-state index in [1.165, 1.54) is 0 Å². The van der Waals surface area contributed by atoms with E-state index in [0.717, 1.165) is 25.7 Å². The van der Waals surface area contributed by atoms with E-state index in [9.17, 15) is 19.5 Å². The summed E-state index contributed by atoms with van der Waals surface area (Å²) < 4.78 is 17.6. The molecule has 230 valence electrons. The van der Waals surface area contributed by atoms with Crippen molar-refractivity contribution < 1.29 is 33.7 Å². The van der Waals surface area contributed by atoms with Crippen LogP contribution in [0.5, 0.6) is 5.75 Å². The highest BCUT2D eigenvalue weighted by molar-refractivity contribution is 9.09. The Labute approximate surface area is 257 Å². The van der Waals surface area contributed by atoms with E-state index in [0.29, 0.717) is 43.7 Å². The molecule has 1 spiro atoms. The van der Waals surface area contributed by atoms with Gasteiger partial charge < -0.3 is 29.1 Å². The highest BCUT2D eigenvalue weighted by atomic mass is 79.9. The molecule has 3 aliphatic heterocycles. The first-order valence-corrected chi connectivity index (χ1v) is 15.8. The molecule has 2 bridgehead atoms. The van der Waals surface area contributed by atoms with Crippen LogP contribution in [0.3, 0.4) is 0 Å². The van der Waals surface area contributed by atoms with Crippen LogP contribution < -0.4 is 9.64 Å². The number of fused-ring (bicyclic) bond motifs is 1. The number of halogens is 1. The maximum absolute atomic E-state index is 14.6. The quantitative estimate of drug-likeness (QED) is 0.116. The van der Waals surface area contributed by atoms with Crippen LogP contribution in [0.2, 0.25) is 0 Å². The largest absolute Gasteiger partial charge is 0.497 e. The average Bonchev–Trinajstić information content (AvgIpc) is 3.58. The Balaban J connectivity index is 1.65. The summed E-state index contributed by atoms with van der Waals surface area (Å²) in [6.07, 6.45) is 8.74. The molecule has 0 saturated carbocycles. The fourth-order valence-electron chi connectivity index (χ4n) is 6.69. The molecular weight excluding hydrogens is 604 g/mol. The molecule has 4 rings (SSSR count). The Morgan fingerprint density at radius 1 is 1.14 bits per heavy atom. The van der Waals surface area contributed by atoms with Gasteiger partial charge in [-0.15, -0.1) is 13.2 Å². The van der Waals surface area contributed by atoms with Crippen molar-refractivity contribution >= 4 is 39.4 Å². The van der Waals surface area contributed by atoms with E-state index in [2.05, 4.69) is 29.1 Å². The molecular formula is C32H43BrN2O7. The lowest BCUT2D eigenvalue weighted by Crippen LogP contribution is -2.57. The van der Waals surface area contributed by atoms with Crippen molar-refractivity contribution in [1.29, 1.82) is 0 Å². The van der Waals surface area contributed by atoms with Crippen molar-refractivity contribution in [2.75, 3.05) is 38.3 Å². The summed E-state index contributed by atoms with van der Waals surface area (Å²) in [6, 6.07) is 6.26. The van der Waals surface area contributed by atoms with E-state index in [-0.39, 0.29) is 36.4 Å². The van der Waals surface area contributed by atoms with Gasteiger partial charge in [0.05, 0.1) is 31.7 Å². The van der Waals surface area contributed by atoms with Gasteiger partial charge in [-0.05, 0) is 62.8 Å². The first kappa shape index (κ1) is 32.2. The number of methoxy groups -OCH3 is 1. The second-order valence-electron chi connectivity index (χ2n) is 11.2. The molecule has 0 aromatic heterocycles. The molecule has 3 unspecified atom stereocenters. The number of hydrogen-bond donors (Lipinski definition) is 1. The van der Waals surface area contributed by atoms with E-state index >= 15 is 0 Å². The van der Waals surface area contributed by atoms with E-state index in [1.54, 1.807) is 47.3 Å². The first-order valence-electron chi connectivity index (χ1n) is 14.9. The second-order valence-corrected chi connectivity index (χ2v) is 12.4. The van der Waals surface area contributed by atoms with Crippen LogP contribution in [0.15, 0.2) is 49.6 Å². The molecule has 3 fully saturated rings. The predicted octanol–water partition coefficient (Wildman–Crippen LogP) is 4.41. The Kier molecular flexibility index (Phi) is 11.3. The molecule has 6 atom stereocenters. The van der Waals surface area contributed by atoms with Crippen molar-refractivity contribution in [1.82, 2.24) is 4.90 Å². The minimum absolute atomic E-state index is 0.118. The number of carbonyl (C=O) groups excluding carboxylic acids is 3. The molecule has 1 N–H and O–H groups in total. The molecule has 1 aromatic carbocycles. The summed E-state index contributed by atoms with van der Waals surface area (Å²) in [6.45, 7) is 8.56. The number of likely N-dealkylation sites (tertiary alicyclic amines) is 1. The Morgan fingerprint density at radius 3 is 2.55 bits per heavy atom.